The van der Waals surface area contributed by atoms with Gasteiger partial charge >= 0.3 is 0 Å². The minimum atomic E-state index is -0.803. The highest BCUT2D eigenvalue weighted by molar-refractivity contribution is 7.80. The fraction of sp³-hybridized carbons (Fsp3) is 0.625. The molecule has 1 aliphatic rings. The maximum Gasteiger partial charge on any atom is 0.252 e. The predicted molar refractivity (Wildman–Crippen MR) is 52.0 cm³/mol. The van der Waals surface area contributed by atoms with Crippen molar-refractivity contribution in [2.75, 3.05) is 0 Å². The molecule has 1 N–H and O–H groups in total. The van der Waals surface area contributed by atoms with Gasteiger partial charge in [-0.15, -0.1) is 0 Å². The summed E-state index contributed by atoms with van der Waals surface area (Å²) < 4.78 is 0. The van der Waals surface area contributed by atoms with E-state index in [1.54, 1.807) is 6.92 Å². The number of carbonyl (C=O) groups excluding carboxylic acids is 2. The first-order chi connectivity index (χ1) is 5.93. The van der Waals surface area contributed by atoms with Crippen molar-refractivity contribution in [2.24, 2.45) is 0 Å². The lowest BCUT2D eigenvalue weighted by Crippen LogP contribution is -2.48. The van der Waals surface area contributed by atoms with Crippen molar-refractivity contribution in [3.63, 3.8) is 0 Å². The van der Waals surface area contributed by atoms with E-state index in [0.29, 0.717) is 6.42 Å². The lowest BCUT2D eigenvalue weighted by molar-refractivity contribution is -0.136. The van der Waals surface area contributed by atoms with E-state index < -0.39 is 5.54 Å². The Bertz CT molecular complexity index is 290. The molecule has 0 bridgehead atoms. The van der Waals surface area contributed by atoms with E-state index in [-0.39, 0.29) is 16.9 Å². The first-order valence-corrected chi connectivity index (χ1v) is 4.50. The topological polar surface area (TPSA) is 49.4 Å². The maximum atomic E-state index is 11.5. The summed E-state index contributed by atoms with van der Waals surface area (Å²) in [5, 5.41) is 2.70. The van der Waals surface area contributed by atoms with Crippen molar-refractivity contribution >= 4 is 29.1 Å². The summed E-state index contributed by atoms with van der Waals surface area (Å²) in [6, 6.07) is 0. The summed E-state index contributed by atoms with van der Waals surface area (Å²) >= 11 is 4.88. The van der Waals surface area contributed by atoms with Crippen molar-refractivity contribution in [1.82, 2.24) is 10.2 Å². The van der Waals surface area contributed by atoms with E-state index in [4.69, 9.17) is 12.2 Å². The van der Waals surface area contributed by atoms with Gasteiger partial charge in [0, 0.05) is 6.92 Å². The average Bonchev–Trinajstić information content (AvgIpc) is 2.24. The van der Waals surface area contributed by atoms with Crippen molar-refractivity contribution in [3.05, 3.63) is 0 Å². The number of carbonyl (C=O) groups is 2. The lowest BCUT2D eigenvalue weighted by atomic mass is 9.97. The molecular formula is C8H12N2O2S. The number of thiocarbonyl (C=S) groups is 1. The molecule has 0 aliphatic carbocycles. The van der Waals surface area contributed by atoms with E-state index >= 15 is 0 Å². The van der Waals surface area contributed by atoms with Crippen LogP contribution in [-0.2, 0) is 9.59 Å². The van der Waals surface area contributed by atoms with Crippen LogP contribution >= 0.6 is 12.2 Å². The minimum Gasteiger partial charge on any atom is -0.301 e. The summed E-state index contributed by atoms with van der Waals surface area (Å²) in [7, 11) is 0. The number of nitrogens with one attached hydrogen (secondary N) is 1. The van der Waals surface area contributed by atoms with Gasteiger partial charge in [0.05, 0.1) is 0 Å². The number of hydrogen-bond acceptors (Lipinski definition) is 3. The zero-order valence-corrected chi connectivity index (χ0v) is 8.70. The van der Waals surface area contributed by atoms with Crippen molar-refractivity contribution in [2.45, 2.75) is 32.7 Å². The normalized spacial score (nSPS) is 27.8. The fourth-order valence-electron chi connectivity index (χ4n) is 1.42. The summed E-state index contributed by atoms with van der Waals surface area (Å²) in [6.45, 7) is 4.97. The standard InChI is InChI=1S/C8H12N2O2S/c1-4-8(3)6(12)9-7(13)10(8)5(2)11/h4H2,1-3H3,(H,9,12,13). The molecule has 2 amide bonds. The van der Waals surface area contributed by atoms with Crippen LogP contribution in [0.5, 0.6) is 0 Å². The number of rotatable bonds is 1. The van der Waals surface area contributed by atoms with Crippen LogP contribution in [0.2, 0.25) is 0 Å². The lowest BCUT2D eigenvalue weighted by Gasteiger charge is -2.28. The van der Waals surface area contributed by atoms with Gasteiger partial charge < -0.3 is 5.32 Å². The van der Waals surface area contributed by atoms with E-state index in [1.807, 2.05) is 6.92 Å². The first-order valence-electron chi connectivity index (χ1n) is 4.09. The summed E-state index contributed by atoms with van der Waals surface area (Å²) in [4.78, 5) is 24.0. The Morgan fingerprint density at radius 3 is 2.54 bits per heavy atom. The molecule has 0 saturated carbocycles. The molecule has 1 saturated heterocycles. The average molecular weight is 200 g/mol. The zero-order chi connectivity index (χ0) is 10.2. The molecule has 0 aromatic heterocycles. The molecule has 0 radical (unpaired) electrons. The second kappa shape index (κ2) is 3.06. The highest BCUT2D eigenvalue weighted by Gasteiger charge is 2.47. The van der Waals surface area contributed by atoms with Crippen molar-refractivity contribution in [1.29, 1.82) is 0 Å². The molecule has 1 aliphatic heterocycles. The highest BCUT2D eigenvalue weighted by atomic mass is 32.1. The van der Waals surface area contributed by atoms with E-state index in [1.165, 1.54) is 11.8 Å². The largest absolute Gasteiger partial charge is 0.301 e. The molecule has 1 heterocycles. The fourth-order valence-corrected chi connectivity index (χ4v) is 1.85. The van der Waals surface area contributed by atoms with Crippen LogP contribution in [0.1, 0.15) is 27.2 Å². The van der Waals surface area contributed by atoms with E-state index in [9.17, 15) is 9.59 Å². The van der Waals surface area contributed by atoms with Crippen molar-refractivity contribution < 1.29 is 9.59 Å². The van der Waals surface area contributed by atoms with E-state index in [0.717, 1.165) is 0 Å². The number of nitrogens with zero attached hydrogens (tertiary/aromatic N) is 1. The number of hydrogen-bond donors (Lipinski definition) is 1. The van der Waals surface area contributed by atoms with Crippen molar-refractivity contribution in [3.8, 4) is 0 Å². The molecule has 1 rings (SSSR count). The molecule has 1 fully saturated rings. The SMILES string of the molecule is CCC1(C)C(=O)NC(=S)N1C(C)=O. The Morgan fingerprint density at radius 2 is 2.23 bits per heavy atom. The van der Waals surface area contributed by atoms with Crippen LogP contribution < -0.4 is 5.32 Å². The van der Waals surface area contributed by atoms with Gasteiger partial charge in [-0.3, -0.25) is 14.5 Å². The van der Waals surface area contributed by atoms with Gasteiger partial charge in [-0.1, -0.05) is 6.92 Å². The number of amides is 2. The van der Waals surface area contributed by atoms with E-state index in [2.05, 4.69) is 5.32 Å². The van der Waals surface area contributed by atoms with Gasteiger partial charge in [0.25, 0.3) is 5.91 Å². The Balaban J connectivity index is 3.11. The second-order valence-electron chi connectivity index (χ2n) is 3.24. The molecule has 1 unspecified atom stereocenters. The molecule has 0 spiro atoms. The molecule has 0 aromatic rings. The summed E-state index contributed by atoms with van der Waals surface area (Å²) in [5.41, 5.74) is -0.803. The predicted octanol–water partition coefficient (Wildman–Crippen LogP) is 0.418. The molecule has 13 heavy (non-hydrogen) atoms. The van der Waals surface area contributed by atoms with Crippen LogP contribution in [0.25, 0.3) is 0 Å². The highest BCUT2D eigenvalue weighted by Crippen LogP contribution is 2.25. The third kappa shape index (κ3) is 1.33. The van der Waals surface area contributed by atoms with Crippen LogP contribution in [0.15, 0.2) is 0 Å². The molecule has 0 aromatic carbocycles. The molecule has 4 nitrogen and oxygen atoms in total. The third-order valence-corrected chi connectivity index (χ3v) is 2.69. The Labute approximate surface area is 82.3 Å². The van der Waals surface area contributed by atoms with Gasteiger partial charge in [0.15, 0.2) is 5.11 Å². The molecular weight excluding hydrogens is 188 g/mol. The first kappa shape index (κ1) is 10.1. The maximum absolute atomic E-state index is 11.5. The van der Waals surface area contributed by atoms with Gasteiger partial charge in [0.2, 0.25) is 5.91 Å². The monoisotopic (exact) mass is 200 g/mol. The third-order valence-electron chi connectivity index (χ3n) is 2.41. The second-order valence-corrected chi connectivity index (χ2v) is 3.63. The van der Waals surface area contributed by atoms with Gasteiger partial charge in [-0.25, -0.2) is 0 Å². The molecule has 1 atom stereocenters. The van der Waals surface area contributed by atoms with Crippen LogP contribution in [-0.4, -0.2) is 27.4 Å². The van der Waals surface area contributed by atoms with Gasteiger partial charge in [0.1, 0.15) is 5.54 Å². The molecule has 72 valence electrons. The Morgan fingerprint density at radius 1 is 1.69 bits per heavy atom. The van der Waals surface area contributed by atoms with Gasteiger partial charge in [-0.2, -0.15) is 0 Å². The summed E-state index contributed by atoms with van der Waals surface area (Å²) in [5.74, 6) is -0.400. The Hall–Kier alpha value is -0.970. The quantitative estimate of drug-likeness (QED) is 0.624. The summed E-state index contributed by atoms with van der Waals surface area (Å²) in [6.07, 6.45) is 0.554. The smallest absolute Gasteiger partial charge is 0.252 e. The minimum absolute atomic E-state index is 0.199. The van der Waals surface area contributed by atoms with Gasteiger partial charge in [-0.05, 0) is 25.6 Å². The van der Waals surface area contributed by atoms with Crippen LogP contribution in [0.4, 0.5) is 0 Å². The van der Waals surface area contributed by atoms with Crippen LogP contribution in [0.3, 0.4) is 0 Å². The zero-order valence-electron chi connectivity index (χ0n) is 7.88. The van der Waals surface area contributed by atoms with Crippen LogP contribution in [0, 0.1) is 0 Å². The molecule has 5 heteroatoms. The Kier molecular flexibility index (Phi) is 2.38.